The molecule has 2 heterocycles. The number of aryl methyl sites for hydroxylation is 1. The average Bonchev–Trinajstić information content (AvgIpc) is 2.64. The molecule has 144 valence electrons. The molecule has 0 unspecified atom stereocenters. The summed E-state index contributed by atoms with van der Waals surface area (Å²) in [7, 11) is 0. The van der Waals surface area contributed by atoms with Crippen LogP contribution in [0.4, 0.5) is 0 Å². The Morgan fingerprint density at radius 3 is 1.92 bits per heavy atom. The molecular formula is C20H32N4O2. The Morgan fingerprint density at radius 2 is 1.42 bits per heavy atom. The number of aromatic nitrogens is 2. The maximum Gasteiger partial charge on any atom is 0.223 e. The molecule has 1 aliphatic rings. The number of amides is 2. The molecule has 1 aromatic heterocycles. The van der Waals surface area contributed by atoms with Gasteiger partial charge in [0.1, 0.15) is 5.82 Å². The summed E-state index contributed by atoms with van der Waals surface area (Å²) >= 11 is 0. The van der Waals surface area contributed by atoms with E-state index in [0.29, 0.717) is 69.0 Å². The molecule has 6 heteroatoms. The van der Waals surface area contributed by atoms with E-state index in [2.05, 4.69) is 37.7 Å². The zero-order valence-corrected chi connectivity index (χ0v) is 16.5. The minimum atomic E-state index is 0.117. The van der Waals surface area contributed by atoms with Gasteiger partial charge in [-0.3, -0.25) is 9.59 Å². The first-order valence-corrected chi connectivity index (χ1v) is 9.70. The number of rotatable bonds is 7. The van der Waals surface area contributed by atoms with Crippen molar-refractivity contribution in [1.82, 2.24) is 19.8 Å². The predicted octanol–water partition coefficient (Wildman–Crippen LogP) is 2.40. The predicted molar refractivity (Wildman–Crippen MR) is 101 cm³/mol. The minimum Gasteiger partial charge on any atom is -0.339 e. The smallest absolute Gasteiger partial charge is 0.223 e. The van der Waals surface area contributed by atoms with Crippen LogP contribution >= 0.6 is 0 Å². The number of hydrogen-bond acceptors (Lipinski definition) is 4. The van der Waals surface area contributed by atoms with E-state index < -0.39 is 0 Å². The van der Waals surface area contributed by atoms with Crippen molar-refractivity contribution in [3.63, 3.8) is 0 Å². The van der Waals surface area contributed by atoms with E-state index >= 15 is 0 Å². The first kappa shape index (κ1) is 20.3. The molecule has 0 aromatic carbocycles. The molecule has 6 nitrogen and oxygen atoms in total. The first-order valence-electron chi connectivity index (χ1n) is 9.70. The third-order valence-corrected chi connectivity index (χ3v) is 5.29. The molecule has 26 heavy (non-hydrogen) atoms. The highest BCUT2D eigenvalue weighted by Gasteiger charge is 2.27. The number of carbonyl (C=O) groups excluding carboxylic acids is 2. The van der Waals surface area contributed by atoms with Crippen LogP contribution in [0, 0.1) is 17.8 Å². The topological polar surface area (TPSA) is 66.4 Å². The molecule has 0 bridgehead atoms. The zero-order valence-electron chi connectivity index (χ0n) is 16.5. The molecule has 2 rings (SSSR count). The van der Waals surface area contributed by atoms with Gasteiger partial charge in [0.05, 0.1) is 0 Å². The fraction of sp³-hybridized carbons (Fsp3) is 0.700. The highest BCUT2D eigenvalue weighted by atomic mass is 16.2. The van der Waals surface area contributed by atoms with Gasteiger partial charge in [-0.25, -0.2) is 9.97 Å². The van der Waals surface area contributed by atoms with Gasteiger partial charge < -0.3 is 9.80 Å². The molecule has 0 atom stereocenters. The van der Waals surface area contributed by atoms with Crippen molar-refractivity contribution in [3.05, 3.63) is 24.3 Å². The highest BCUT2D eigenvalue weighted by Crippen LogP contribution is 2.25. The fourth-order valence-electron chi connectivity index (χ4n) is 3.61. The van der Waals surface area contributed by atoms with Crippen LogP contribution in [0.25, 0.3) is 0 Å². The lowest BCUT2D eigenvalue weighted by atomic mass is 9.82. The van der Waals surface area contributed by atoms with Crippen molar-refractivity contribution in [2.45, 2.75) is 47.0 Å². The standard InChI is InChI=1S/C20H32N4O2/c1-15(2)17(16(3)4)14-20(26)24-12-10-23(11-13-24)19(25)7-6-18-21-8-5-9-22-18/h5,8-9,15-17H,6-7,10-14H2,1-4H3. The molecule has 0 saturated carbocycles. The molecule has 0 N–H and O–H groups in total. The Kier molecular flexibility index (Phi) is 7.54. The zero-order chi connectivity index (χ0) is 19.1. The SMILES string of the molecule is CC(C)C(CC(=O)N1CCN(C(=O)CCc2ncccn2)CC1)C(C)C. The van der Waals surface area contributed by atoms with E-state index in [1.165, 1.54) is 0 Å². The number of hydrogen-bond donors (Lipinski definition) is 0. The highest BCUT2D eigenvalue weighted by molar-refractivity contribution is 5.78. The van der Waals surface area contributed by atoms with Crippen LogP contribution in [0.2, 0.25) is 0 Å². The summed E-state index contributed by atoms with van der Waals surface area (Å²) in [5.41, 5.74) is 0. The summed E-state index contributed by atoms with van der Waals surface area (Å²) in [6.45, 7) is 11.2. The van der Waals surface area contributed by atoms with Crippen LogP contribution in [0.1, 0.15) is 46.4 Å². The van der Waals surface area contributed by atoms with Gasteiger partial charge >= 0.3 is 0 Å². The Morgan fingerprint density at radius 1 is 0.923 bits per heavy atom. The van der Waals surface area contributed by atoms with E-state index in [-0.39, 0.29) is 11.8 Å². The molecule has 0 spiro atoms. The van der Waals surface area contributed by atoms with Gasteiger partial charge in [-0.1, -0.05) is 27.7 Å². The van der Waals surface area contributed by atoms with E-state index in [4.69, 9.17) is 0 Å². The van der Waals surface area contributed by atoms with Crippen molar-refractivity contribution in [2.24, 2.45) is 17.8 Å². The van der Waals surface area contributed by atoms with Crippen molar-refractivity contribution >= 4 is 11.8 Å². The summed E-state index contributed by atoms with van der Waals surface area (Å²) in [6.07, 6.45) is 4.97. The monoisotopic (exact) mass is 360 g/mol. The van der Waals surface area contributed by atoms with E-state index in [1.807, 2.05) is 9.80 Å². The Hall–Kier alpha value is -1.98. The maximum absolute atomic E-state index is 12.6. The molecule has 2 amide bonds. The van der Waals surface area contributed by atoms with Crippen LogP contribution in [-0.4, -0.2) is 57.8 Å². The van der Waals surface area contributed by atoms with Crippen LogP contribution in [0.15, 0.2) is 18.5 Å². The Bertz CT molecular complexity index is 573. The first-order chi connectivity index (χ1) is 12.4. The second kappa shape index (κ2) is 9.64. The van der Waals surface area contributed by atoms with Crippen LogP contribution in [0.3, 0.4) is 0 Å². The lowest BCUT2D eigenvalue weighted by molar-refractivity contribution is -0.140. The summed E-state index contributed by atoms with van der Waals surface area (Å²) < 4.78 is 0. The third-order valence-electron chi connectivity index (χ3n) is 5.29. The molecule has 0 radical (unpaired) electrons. The summed E-state index contributed by atoms with van der Waals surface area (Å²) in [5.74, 6) is 2.45. The molecule has 1 saturated heterocycles. The molecule has 1 fully saturated rings. The van der Waals surface area contributed by atoms with Crippen molar-refractivity contribution < 1.29 is 9.59 Å². The third kappa shape index (κ3) is 5.78. The second-order valence-electron chi connectivity index (χ2n) is 7.78. The minimum absolute atomic E-state index is 0.117. The van der Waals surface area contributed by atoms with Crippen LogP contribution < -0.4 is 0 Å². The van der Waals surface area contributed by atoms with Gasteiger partial charge in [-0.15, -0.1) is 0 Å². The number of carbonyl (C=O) groups is 2. The van der Waals surface area contributed by atoms with Gasteiger partial charge in [0.25, 0.3) is 0 Å². The molecule has 1 aromatic rings. The van der Waals surface area contributed by atoms with Crippen molar-refractivity contribution in [3.8, 4) is 0 Å². The van der Waals surface area contributed by atoms with Crippen LogP contribution in [-0.2, 0) is 16.0 Å². The number of nitrogens with zero attached hydrogens (tertiary/aromatic N) is 4. The van der Waals surface area contributed by atoms with Crippen molar-refractivity contribution in [2.75, 3.05) is 26.2 Å². The van der Waals surface area contributed by atoms with Gasteiger partial charge in [0.2, 0.25) is 11.8 Å². The van der Waals surface area contributed by atoms with Gasteiger partial charge in [0, 0.05) is 57.8 Å². The maximum atomic E-state index is 12.6. The van der Waals surface area contributed by atoms with Gasteiger partial charge in [-0.2, -0.15) is 0 Å². The summed E-state index contributed by atoms with van der Waals surface area (Å²) in [4.78, 5) is 37.1. The van der Waals surface area contributed by atoms with E-state index in [1.54, 1.807) is 18.5 Å². The largest absolute Gasteiger partial charge is 0.339 e. The molecule has 1 aliphatic heterocycles. The van der Waals surface area contributed by atoms with Crippen LogP contribution in [0.5, 0.6) is 0 Å². The summed E-state index contributed by atoms with van der Waals surface area (Å²) in [6, 6.07) is 1.77. The fourth-order valence-corrected chi connectivity index (χ4v) is 3.61. The second-order valence-corrected chi connectivity index (χ2v) is 7.78. The van der Waals surface area contributed by atoms with Gasteiger partial charge in [-0.05, 0) is 23.8 Å². The summed E-state index contributed by atoms with van der Waals surface area (Å²) in [5, 5.41) is 0. The quantitative estimate of drug-likeness (QED) is 0.749. The van der Waals surface area contributed by atoms with Crippen molar-refractivity contribution in [1.29, 1.82) is 0 Å². The Balaban J connectivity index is 1.77. The van der Waals surface area contributed by atoms with Gasteiger partial charge in [0.15, 0.2) is 0 Å². The normalized spacial score (nSPS) is 15.2. The lowest BCUT2D eigenvalue weighted by Gasteiger charge is -2.36. The lowest BCUT2D eigenvalue weighted by Crippen LogP contribution is -2.51. The molecule has 0 aliphatic carbocycles. The number of piperazine rings is 1. The molecular weight excluding hydrogens is 328 g/mol. The average molecular weight is 361 g/mol. The van der Waals surface area contributed by atoms with E-state index in [9.17, 15) is 9.59 Å². The Labute approximate surface area is 157 Å². The van der Waals surface area contributed by atoms with E-state index in [0.717, 1.165) is 0 Å².